The fourth-order valence-electron chi connectivity index (χ4n) is 2.40. The first-order valence-corrected chi connectivity index (χ1v) is 9.05. The van der Waals surface area contributed by atoms with Crippen molar-refractivity contribution in [3.05, 3.63) is 35.9 Å². The molecule has 10 heteroatoms. The molecule has 0 heterocycles. The van der Waals surface area contributed by atoms with Gasteiger partial charge in [0.1, 0.15) is 18.7 Å². The quantitative estimate of drug-likeness (QED) is 0.384. The van der Waals surface area contributed by atoms with E-state index in [4.69, 9.17) is 9.47 Å². The molecule has 0 aliphatic rings. The van der Waals surface area contributed by atoms with Crippen LogP contribution in [0, 0.1) is 5.92 Å². The van der Waals surface area contributed by atoms with Gasteiger partial charge in [0.05, 0.1) is 19.6 Å². The summed E-state index contributed by atoms with van der Waals surface area (Å²) in [4.78, 5) is 47.2. The number of rotatable bonds is 11. The van der Waals surface area contributed by atoms with Crippen molar-refractivity contribution in [3.63, 3.8) is 0 Å². The Morgan fingerprint density at radius 1 is 1.07 bits per heavy atom. The van der Waals surface area contributed by atoms with Crippen LogP contribution in [0.3, 0.4) is 0 Å². The molecular weight excluding hydrogens is 384 g/mol. The molecule has 10 nitrogen and oxygen atoms in total. The lowest BCUT2D eigenvalue weighted by Gasteiger charge is -2.23. The summed E-state index contributed by atoms with van der Waals surface area (Å²) in [6.07, 6.45) is -1.17. The maximum absolute atomic E-state index is 12.3. The van der Waals surface area contributed by atoms with Gasteiger partial charge >= 0.3 is 18.0 Å². The van der Waals surface area contributed by atoms with Gasteiger partial charge in [0.15, 0.2) is 0 Å². The minimum absolute atomic E-state index is 0.0409. The molecule has 29 heavy (non-hydrogen) atoms. The zero-order valence-electron chi connectivity index (χ0n) is 16.3. The van der Waals surface area contributed by atoms with Crippen molar-refractivity contribution < 1.29 is 38.9 Å². The summed E-state index contributed by atoms with van der Waals surface area (Å²) in [5.41, 5.74) is 0.728. The topological polar surface area (TPSA) is 151 Å². The first-order valence-electron chi connectivity index (χ1n) is 9.05. The second kappa shape index (κ2) is 12.3. The van der Waals surface area contributed by atoms with Gasteiger partial charge in [-0.2, -0.15) is 0 Å². The number of carbonyl (C=O) groups is 4. The molecule has 0 spiro atoms. The van der Waals surface area contributed by atoms with Gasteiger partial charge in [0.25, 0.3) is 0 Å². The fourth-order valence-corrected chi connectivity index (χ4v) is 2.40. The molecule has 160 valence electrons. The molecule has 1 rings (SSSR count). The molecule has 0 saturated heterocycles. The Hall–Kier alpha value is -3.14. The molecule has 1 aromatic carbocycles. The average molecular weight is 410 g/mol. The van der Waals surface area contributed by atoms with Crippen molar-refractivity contribution in [3.8, 4) is 0 Å². The molecule has 0 saturated carbocycles. The summed E-state index contributed by atoms with van der Waals surface area (Å²) >= 11 is 0. The number of aliphatic carboxylic acids is 1. The van der Waals surface area contributed by atoms with Crippen molar-refractivity contribution in [2.45, 2.75) is 39.0 Å². The number of carboxylic acids is 1. The Labute approximate surface area is 168 Å². The zero-order valence-corrected chi connectivity index (χ0v) is 16.3. The lowest BCUT2D eigenvalue weighted by atomic mass is 9.98. The Balaban J connectivity index is 2.62. The van der Waals surface area contributed by atoms with Crippen molar-refractivity contribution in [2.24, 2.45) is 5.92 Å². The van der Waals surface area contributed by atoms with Crippen molar-refractivity contribution >= 4 is 23.9 Å². The summed E-state index contributed by atoms with van der Waals surface area (Å²) in [7, 11) is 0. The summed E-state index contributed by atoms with van der Waals surface area (Å²) in [5, 5.41) is 23.1. The largest absolute Gasteiger partial charge is 0.480 e. The van der Waals surface area contributed by atoms with Crippen LogP contribution in [0.15, 0.2) is 30.3 Å². The average Bonchev–Trinajstić information content (AvgIpc) is 2.69. The molecule has 0 unspecified atom stereocenters. The number of hydrogen-bond donors (Lipinski definition) is 4. The third-order valence-corrected chi connectivity index (χ3v) is 3.93. The van der Waals surface area contributed by atoms with Crippen LogP contribution in [0.2, 0.25) is 0 Å². The van der Waals surface area contributed by atoms with Gasteiger partial charge in [-0.15, -0.1) is 0 Å². The zero-order chi connectivity index (χ0) is 21.8. The highest BCUT2D eigenvalue weighted by Gasteiger charge is 2.31. The molecule has 0 radical (unpaired) electrons. The lowest BCUT2D eigenvalue weighted by molar-refractivity contribution is -0.147. The maximum Gasteiger partial charge on any atom is 0.408 e. The molecule has 0 aromatic heterocycles. The Bertz CT molecular complexity index is 695. The Kier molecular flexibility index (Phi) is 10.2. The van der Waals surface area contributed by atoms with E-state index in [-0.39, 0.29) is 19.6 Å². The number of benzene rings is 1. The van der Waals surface area contributed by atoms with E-state index < -0.39 is 48.5 Å². The number of aliphatic hydroxyl groups is 1. The summed E-state index contributed by atoms with van der Waals surface area (Å²) in [6, 6.07) is 5.99. The highest BCUT2D eigenvalue weighted by atomic mass is 16.5. The maximum atomic E-state index is 12.3. The van der Waals surface area contributed by atoms with Crippen molar-refractivity contribution in [1.82, 2.24) is 10.6 Å². The van der Waals surface area contributed by atoms with Crippen molar-refractivity contribution in [1.29, 1.82) is 0 Å². The third kappa shape index (κ3) is 8.60. The lowest BCUT2D eigenvalue weighted by Crippen LogP contribution is -2.55. The van der Waals surface area contributed by atoms with Crippen molar-refractivity contribution in [2.75, 3.05) is 13.2 Å². The van der Waals surface area contributed by atoms with Crippen LogP contribution in [0.25, 0.3) is 0 Å². The SMILES string of the molecule is CCOC(=O)C[C@@H](C)[C@@H](NC(=O)[C@H](CO)NC(=O)OCc1ccccc1)C(=O)O. The van der Waals surface area contributed by atoms with Crippen LogP contribution in [0.5, 0.6) is 0 Å². The molecule has 0 aliphatic carbocycles. The molecule has 2 amide bonds. The fraction of sp³-hybridized carbons (Fsp3) is 0.474. The number of carbonyl (C=O) groups excluding carboxylic acids is 3. The van der Waals surface area contributed by atoms with E-state index in [1.807, 2.05) is 0 Å². The summed E-state index contributed by atoms with van der Waals surface area (Å²) in [5.74, 6) is -3.66. The van der Waals surface area contributed by atoms with E-state index >= 15 is 0 Å². The number of aliphatic hydroxyl groups excluding tert-OH is 1. The highest BCUT2D eigenvalue weighted by Crippen LogP contribution is 2.10. The van der Waals surface area contributed by atoms with Crippen LogP contribution in [0.4, 0.5) is 4.79 Å². The van der Waals surface area contributed by atoms with Crippen LogP contribution in [-0.2, 0) is 30.5 Å². The second-order valence-corrected chi connectivity index (χ2v) is 6.25. The van der Waals surface area contributed by atoms with Crippen LogP contribution in [0.1, 0.15) is 25.8 Å². The highest BCUT2D eigenvalue weighted by molar-refractivity contribution is 5.89. The molecule has 0 bridgehead atoms. The summed E-state index contributed by atoms with van der Waals surface area (Å²) < 4.78 is 9.75. The number of esters is 1. The third-order valence-electron chi connectivity index (χ3n) is 3.93. The molecule has 1 aromatic rings. The smallest absolute Gasteiger partial charge is 0.408 e. The molecular formula is C19H26N2O8. The first-order chi connectivity index (χ1) is 13.8. The van der Waals surface area contributed by atoms with E-state index in [9.17, 15) is 29.4 Å². The second-order valence-electron chi connectivity index (χ2n) is 6.25. The first kappa shape index (κ1) is 23.9. The number of hydrogen-bond acceptors (Lipinski definition) is 7. The number of alkyl carbamates (subject to hydrolysis) is 1. The van der Waals surface area contributed by atoms with E-state index in [2.05, 4.69) is 10.6 Å². The van der Waals surface area contributed by atoms with Gasteiger partial charge < -0.3 is 30.3 Å². The minimum Gasteiger partial charge on any atom is -0.480 e. The predicted octanol–water partition coefficient (Wildman–Crippen LogP) is 0.432. The van der Waals surface area contributed by atoms with Crippen LogP contribution >= 0.6 is 0 Å². The standard InChI is InChI=1S/C19H26N2O8/c1-3-28-15(23)9-12(2)16(18(25)26)21-17(24)14(10-22)20-19(27)29-11-13-7-5-4-6-8-13/h4-8,12,14,16,22H,3,9-11H2,1-2H3,(H,20,27)(H,21,24)(H,25,26)/t12-,14+,16-/m1/s1. The molecule has 0 aliphatic heterocycles. The van der Waals surface area contributed by atoms with E-state index in [1.54, 1.807) is 37.3 Å². The summed E-state index contributed by atoms with van der Waals surface area (Å²) in [6.45, 7) is 2.42. The number of nitrogens with one attached hydrogen (secondary N) is 2. The van der Waals surface area contributed by atoms with Gasteiger partial charge in [0, 0.05) is 0 Å². The van der Waals surface area contributed by atoms with Gasteiger partial charge in [-0.05, 0) is 18.4 Å². The number of amides is 2. The molecule has 3 atom stereocenters. The van der Waals surface area contributed by atoms with E-state index in [0.29, 0.717) is 0 Å². The number of ether oxygens (including phenoxy) is 2. The number of carboxylic acid groups (broad SMARTS) is 1. The Morgan fingerprint density at radius 2 is 1.72 bits per heavy atom. The van der Waals surface area contributed by atoms with E-state index in [1.165, 1.54) is 6.92 Å². The normalized spacial score (nSPS) is 13.5. The predicted molar refractivity (Wildman–Crippen MR) is 101 cm³/mol. The van der Waals surface area contributed by atoms with Gasteiger partial charge in [-0.1, -0.05) is 37.3 Å². The van der Waals surface area contributed by atoms with Gasteiger partial charge in [0.2, 0.25) is 5.91 Å². The van der Waals surface area contributed by atoms with Crippen LogP contribution < -0.4 is 10.6 Å². The van der Waals surface area contributed by atoms with E-state index in [0.717, 1.165) is 5.56 Å². The Morgan fingerprint density at radius 3 is 2.28 bits per heavy atom. The monoisotopic (exact) mass is 410 g/mol. The molecule has 4 N–H and O–H groups in total. The van der Waals surface area contributed by atoms with Crippen LogP contribution in [-0.4, -0.2) is 59.4 Å². The molecule has 0 fully saturated rings. The van der Waals surface area contributed by atoms with Gasteiger partial charge in [-0.25, -0.2) is 9.59 Å². The minimum atomic E-state index is -1.42. The van der Waals surface area contributed by atoms with Gasteiger partial charge in [-0.3, -0.25) is 9.59 Å².